The van der Waals surface area contributed by atoms with Crippen LogP contribution >= 0.6 is 12.4 Å². The molecule has 0 atom stereocenters. The van der Waals surface area contributed by atoms with Crippen LogP contribution in [0.5, 0.6) is 0 Å². The number of H-pyrrole nitrogens is 1. The third-order valence-corrected chi connectivity index (χ3v) is 5.72. The molecule has 14 heteroatoms. The summed E-state index contributed by atoms with van der Waals surface area (Å²) in [7, 11) is 0. The minimum atomic E-state index is -1.40. The van der Waals surface area contributed by atoms with Crippen LogP contribution in [0.4, 0.5) is 17.1 Å². The maximum atomic E-state index is 11.6. The van der Waals surface area contributed by atoms with Crippen molar-refractivity contribution in [2.75, 3.05) is 22.5 Å². The van der Waals surface area contributed by atoms with Gasteiger partial charge in [0, 0.05) is 32.8 Å². The standard InChI is InChI=1S/C14H15N3O2.C9H8N4O3.ClH.K/c15-6-8-1-2-9-3-4-17(7-10(9)5-8)12-11(16)13(18)14(12)19;1-4(14)13-5-2-10-7-6(5)11-3-12-8(7)9(15)16;;/h1-2,5H,3-4,6-7,15-16H2;2-3,10H,1H3,(H,13,14)(H,15,16);1H;/q;;;+1/p-1. The Morgan fingerprint density at radius 1 is 1.19 bits per heavy atom. The summed E-state index contributed by atoms with van der Waals surface area (Å²) >= 11 is 0. The molecule has 0 bridgehead atoms. The van der Waals surface area contributed by atoms with Crippen molar-refractivity contribution in [3.8, 4) is 0 Å². The number of carboxylic acids is 1. The molecule has 0 fully saturated rings. The summed E-state index contributed by atoms with van der Waals surface area (Å²) < 4.78 is 0. The summed E-state index contributed by atoms with van der Waals surface area (Å²) in [6.07, 6.45) is 3.40. The number of carboxylic acid groups (broad SMARTS) is 1. The second-order valence-corrected chi connectivity index (χ2v) is 8.02. The third kappa shape index (κ3) is 6.26. The molecule has 1 amide bonds. The number of carbonyl (C=O) groups excluding carboxylic acids is 2. The first-order valence-corrected chi connectivity index (χ1v) is 10.7. The molecule has 1 aliphatic heterocycles. The average Bonchev–Trinajstić information content (AvgIpc) is 3.26. The van der Waals surface area contributed by atoms with Gasteiger partial charge in [-0.1, -0.05) is 18.2 Å². The number of hydrogen-bond donors (Lipinski definition) is 4. The molecule has 6 N–H and O–H groups in total. The van der Waals surface area contributed by atoms with Crippen LogP contribution in [0.2, 0.25) is 0 Å². The quantitative estimate of drug-likeness (QED) is 0.146. The number of nitrogens with zero attached hydrogens (tertiary/aromatic N) is 3. The van der Waals surface area contributed by atoms with Crippen molar-refractivity contribution in [3.05, 3.63) is 73.6 Å². The van der Waals surface area contributed by atoms with E-state index in [1.54, 1.807) is 0 Å². The first-order chi connectivity index (χ1) is 16.7. The summed E-state index contributed by atoms with van der Waals surface area (Å²) in [6.45, 7) is 3.16. The number of hydrogen-bond acceptors (Lipinski definition) is 10. The Bertz CT molecular complexity index is 1530. The summed E-state index contributed by atoms with van der Waals surface area (Å²) in [6, 6.07) is 6.17. The number of nitrogen functional groups attached to an aromatic ring is 1. The number of fused-ring (bicyclic) bond motifs is 2. The molecule has 0 saturated heterocycles. The molecule has 0 aliphatic carbocycles. The van der Waals surface area contributed by atoms with Crippen LogP contribution in [0.15, 0.2) is 40.3 Å². The number of carbonyl (C=O) groups is 2. The van der Waals surface area contributed by atoms with Gasteiger partial charge < -0.3 is 36.6 Å². The van der Waals surface area contributed by atoms with Crippen molar-refractivity contribution in [2.24, 2.45) is 5.73 Å². The van der Waals surface area contributed by atoms with Crippen LogP contribution in [-0.4, -0.2) is 33.4 Å². The molecule has 12 nitrogen and oxygen atoms in total. The zero-order valence-corrected chi connectivity index (χ0v) is 24.1. The molecule has 1 aliphatic rings. The van der Waals surface area contributed by atoms with Crippen molar-refractivity contribution in [1.82, 2.24) is 15.0 Å². The minimum absolute atomic E-state index is 0. The summed E-state index contributed by atoms with van der Waals surface area (Å²) in [4.78, 5) is 56.4. The second kappa shape index (κ2) is 12.7. The molecular formula is C23H23ClKN7O5. The van der Waals surface area contributed by atoms with Crippen LogP contribution < -0.4 is 89.0 Å². The minimum Gasteiger partial charge on any atom is -0.543 e. The Morgan fingerprint density at radius 2 is 1.92 bits per heavy atom. The average molecular weight is 552 g/mol. The zero-order chi connectivity index (χ0) is 25.3. The number of aromatic nitrogens is 3. The van der Waals surface area contributed by atoms with Gasteiger partial charge in [0.1, 0.15) is 28.9 Å². The fourth-order valence-electron chi connectivity index (χ4n) is 4.02. The maximum absolute atomic E-state index is 11.6. The molecule has 0 unspecified atom stereocenters. The van der Waals surface area contributed by atoms with Gasteiger partial charge in [0.15, 0.2) is 0 Å². The van der Waals surface area contributed by atoms with Gasteiger partial charge >= 0.3 is 51.4 Å². The summed E-state index contributed by atoms with van der Waals surface area (Å²) in [5, 5.41) is 13.3. The smallest absolute Gasteiger partial charge is 0.543 e. The number of halogens is 1. The first-order valence-electron chi connectivity index (χ1n) is 10.7. The van der Waals surface area contributed by atoms with Crippen LogP contribution in [0, 0.1) is 0 Å². The Labute approximate surface area is 259 Å². The maximum Gasteiger partial charge on any atom is 1.00 e. The summed E-state index contributed by atoms with van der Waals surface area (Å²) in [5.41, 5.74) is 14.9. The molecular weight excluding hydrogens is 529 g/mol. The number of benzene rings is 1. The van der Waals surface area contributed by atoms with Gasteiger partial charge in [0.2, 0.25) is 5.91 Å². The SMILES string of the molecule is CC(=O)Nc1c[nH]c2c(C(=O)[O-])ncnc12.Cl.NCc1ccc2c(c1)CN(c1c(N)c(=O)c1=O)CC2.[K+]. The number of anilines is 3. The van der Waals surface area contributed by atoms with Gasteiger partial charge in [-0.25, -0.2) is 9.97 Å². The Balaban J connectivity index is 0.000000250. The fraction of sp³-hybridized carbons (Fsp3) is 0.217. The van der Waals surface area contributed by atoms with Crippen LogP contribution in [0.25, 0.3) is 11.0 Å². The zero-order valence-electron chi connectivity index (χ0n) is 20.2. The number of rotatable bonds is 4. The number of nitrogens with two attached hydrogens (primary N) is 2. The van der Waals surface area contributed by atoms with Gasteiger partial charge in [-0.3, -0.25) is 14.4 Å². The monoisotopic (exact) mass is 551 g/mol. The van der Waals surface area contributed by atoms with Crippen molar-refractivity contribution in [2.45, 2.75) is 26.4 Å². The van der Waals surface area contributed by atoms with Crippen molar-refractivity contribution in [1.29, 1.82) is 0 Å². The molecule has 0 radical (unpaired) electrons. The molecule has 188 valence electrons. The van der Waals surface area contributed by atoms with Crippen LogP contribution in [0.1, 0.15) is 34.1 Å². The van der Waals surface area contributed by atoms with E-state index in [-0.39, 0.29) is 86.6 Å². The molecule has 37 heavy (non-hydrogen) atoms. The normalized spacial score (nSPS) is 12.0. The van der Waals surface area contributed by atoms with Gasteiger partial charge in [0.05, 0.1) is 17.2 Å². The van der Waals surface area contributed by atoms with E-state index in [0.29, 0.717) is 36.5 Å². The number of amides is 1. The van der Waals surface area contributed by atoms with Crippen LogP contribution in [-0.2, 0) is 24.3 Å². The number of aromatic amines is 1. The van der Waals surface area contributed by atoms with E-state index in [0.717, 1.165) is 23.9 Å². The molecule has 2 aromatic carbocycles. The largest absolute Gasteiger partial charge is 1.00 e. The Kier molecular flexibility index (Phi) is 10.5. The van der Waals surface area contributed by atoms with E-state index in [1.807, 2.05) is 11.0 Å². The molecule has 0 spiro atoms. The van der Waals surface area contributed by atoms with E-state index in [9.17, 15) is 24.3 Å². The van der Waals surface area contributed by atoms with E-state index in [4.69, 9.17) is 11.5 Å². The predicted molar refractivity (Wildman–Crippen MR) is 135 cm³/mol. The van der Waals surface area contributed by atoms with Crippen molar-refractivity contribution < 1.29 is 66.1 Å². The third-order valence-electron chi connectivity index (χ3n) is 5.72. The summed E-state index contributed by atoms with van der Waals surface area (Å²) in [5.74, 6) is -1.67. The molecule has 5 rings (SSSR count). The van der Waals surface area contributed by atoms with Gasteiger partial charge in [-0.2, -0.15) is 0 Å². The fourth-order valence-corrected chi connectivity index (χ4v) is 4.02. The Hall–Kier alpha value is -2.65. The second-order valence-electron chi connectivity index (χ2n) is 8.02. The van der Waals surface area contributed by atoms with Crippen LogP contribution in [0.3, 0.4) is 0 Å². The number of aromatic carboxylic acids is 1. The molecule has 4 aromatic rings. The Morgan fingerprint density at radius 3 is 2.54 bits per heavy atom. The van der Waals surface area contributed by atoms with Crippen molar-refractivity contribution in [3.63, 3.8) is 0 Å². The number of nitrogens with one attached hydrogen (secondary N) is 2. The van der Waals surface area contributed by atoms with Gasteiger partial charge in [-0.05, 0) is 23.1 Å². The first kappa shape index (κ1) is 30.6. The predicted octanol–water partition coefficient (Wildman–Crippen LogP) is -3.41. The van der Waals surface area contributed by atoms with E-state index in [1.165, 1.54) is 18.7 Å². The van der Waals surface area contributed by atoms with Gasteiger partial charge in [-0.15, -0.1) is 12.4 Å². The topological polar surface area (TPSA) is 200 Å². The molecule has 3 heterocycles. The van der Waals surface area contributed by atoms with Crippen molar-refractivity contribution >= 4 is 52.4 Å². The van der Waals surface area contributed by atoms with E-state index in [2.05, 4.69) is 32.4 Å². The van der Waals surface area contributed by atoms with E-state index >= 15 is 0 Å². The van der Waals surface area contributed by atoms with Gasteiger partial charge in [0.25, 0.3) is 10.9 Å². The van der Waals surface area contributed by atoms with E-state index < -0.39 is 16.8 Å². The molecule has 2 aromatic heterocycles. The molecule has 0 saturated carbocycles.